The molecule has 0 aliphatic rings. The summed E-state index contributed by atoms with van der Waals surface area (Å²) in [5, 5.41) is 8.14. The molecule has 2 aromatic rings. The van der Waals surface area contributed by atoms with Crippen LogP contribution < -0.4 is 5.73 Å². The third-order valence-electron chi connectivity index (χ3n) is 1.98. The monoisotopic (exact) mass is 177 g/mol. The van der Waals surface area contributed by atoms with Crippen LogP contribution in [0.2, 0.25) is 0 Å². The molecule has 68 valence electrons. The summed E-state index contributed by atoms with van der Waals surface area (Å²) in [5.41, 5.74) is 6.76. The van der Waals surface area contributed by atoms with E-state index in [1.165, 1.54) is 0 Å². The first-order valence-corrected chi connectivity index (χ1v) is 4.01. The molecule has 0 saturated carbocycles. The highest BCUT2D eigenvalue weighted by molar-refractivity contribution is 5.26. The highest BCUT2D eigenvalue weighted by Crippen LogP contribution is 2.04. The predicted molar refractivity (Wildman–Crippen MR) is 48.9 cm³/mol. The van der Waals surface area contributed by atoms with Gasteiger partial charge in [0.2, 0.25) is 0 Å². The van der Waals surface area contributed by atoms with E-state index in [1.54, 1.807) is 27.8 Å². The molecule has 0 unspecified atom stereocenters. The van der Waals surface area contributed by atoms with Gasteiger partial charge < -0.3 is 5.73 Å². The van der Waals surface area contributed by atoms with Gasteiger partial charge in [-0.05, 0) is 12.1 Å². The maximum absolute atomic E-state index is 5.68. The van der Waals surface area contributed by atoms with Crippen LogP contribution in [0.5, 0.6) is 0 Å². The molecule has 0 saturated heterocycles. The number of hydrogen-bond acceptors (Lipinski definition) is 3. The lowest BCUT2D eigenvalue weighted by Crippen LogP contribution is -2.09. The Hall–Kier alpha value is -1.78. The number of nitrogen functional groups attached to an aromatic ring is 1. The van der Waals surface area contributed by atoms with Crippen molar-refractivity contribution in [2.24, 2.45) is 7.05 Å². The van der Waals surface area contributed by atoms with E-state index >= 15 is 0 Å². The molecule has 13 heavy (non-hydrogen) atoms. The minimum atomic E-state index is 0.662. The fourth-order valence-corrected chi connectivity index (χ4v) is 1.18. The van der Waals surface area contributed by atoms with Crippen LogP contribution in [0.4, 0.5) is 5.82 Å². The Morgan fingerprint density at radius 2 is 2.08 bits per heavy atom. The quantitative estimate of drug-likeness (QED) is 0.715. The van der Waals surface area contributed by atoms with Crippen molar-refractivity contribution in [1.82, 2.24) is 19.6 Å². The molecule has 0 amide bonds. The molecule has 0 aromatic carbocycles. The summed E-state index contributed by atoms with van der Waals surface area (Å²) in [5.74, 6) is 0.668. The molecule has 2 aromatic heterocycles. The average molecular weight is 177 g/mol. The van der Waals surface area contributed by atoms with E-state index in [2.05, 4.69) is 10.2 Å². The van der Waals surface area contributed by atoms with Crippen molar-refractivity contribution >= 4 is 5.82 Å². The Labute approximate surface area is 75.8 Å². The van der Waals surface area contributed by atoms with Crippen LogP contribution in [0.25, 0.3) is 0 Å². The van der Waals surface area contributed by atoms with Crippen molar-refractivity contribution in [3.05, 3.63) is 30.2 Å². The largest absolute Gasteiger partial charge is 0.384 e. The van der Waals surface area contributed by atoms with Crippen LogP contribution in [0, 0.1) is 0 Å². The van der Waals surface area contributed by atoms with Crippen LogP contribution in [0.3, 0.4) is 0 Å². The third-order valence-corrected chi connectivity index (χ3v) is 1.98. The standard InChI is InChI=1S/C8H11N5/c1-12-7(2-4-10-12)6-13-8(9)3-5-11-13/h2-5H,6,9H2,1H3. The summed E-state index contributed by atoms with van der Waals surface area (Å²) in [7, 11) is 1.90. The first kappa shape index (κ1) is 7.85. The van der Waals surface area contributed by atoms with Gasteiger partial charge in [-0.25, -0.2) is 4.68 Å². The van der Waals surface area contributed by atoms with Crippen molar-refractivity contribution in [1.29, 1.82) is 0 Å². The van der Waals surface area contributed by atoms with Crippen molar-refractivity contribution in [2.45, 2.75) is 6.54 Å². The number of hydrogen-bond donors (Lipinski definition) is 1. The zero-order chi connectivity index (χ0) is 9.26. The number of nitrogens with two attached hydrogens (primary N) is 1. The molecule has 2 heterocycles. The average Bonchev–Trinajstić information content (AvgIpc) is 2.65. The highest BCUT2D eigenvalue weighted by Gasteiger charge is 2.02. The number of rotatable bonds is 2. The lowest BCUT2D eigenvalue weighted by atomic mass is 10.4. The van der Waals surface area contributed by atoms with Crippen LogP contribution in [0.15, 0.2) is 24.5 Å². The summed E-state index contributed by atoms with van der Waals surface area (Å²) in [4.78, 5) is 0. The molecule has 2 rings (SSSR count). The van der Waals surface area contributed by atoms with Gasteiger partial charge in [-0.2, -0.15) is 10.2 Å². The summed E-state index contributed by atoms with van der Waals surface area (Å²) in [6.45, 7) is 0.662. The van der Waals surface area contributed by atoms with Gasteiger partial charge in [0.15, 0.2) is 0 Å². The second-order valence-corrected chi connectivity index (χ2v) is 2.86. The molecule has 2 N–H and O–H groups in total. The van der Waals surface area contributed by atoms with Gasteiger partial charge in [-0.3, -0.25) is 4.68 Å². The van der Waals surface area contributed by atoms with Gasteiger partial charge in [0.25, 0.3) is 0 Å². The number of anilines is 1. The zero-order valence-corrected chi connectivity index (χ0v) is 7.38. The van der Waals surface area contributed by atoms with Crippen molar-refractivity contribution in [3.63, 3.8) is 0 Å². The molecule has 0 atom stereocenters. The van der Waals surface area contributed by atoms with Gasteiger partial charge in [0, 0.05) is 13.2 Å². The van der Waals surface area contributed by atoms with Crippen LogP contribution in [-0.2, 0) is 13.6 Å². The minimum absolute atomic E-state index is 0.662. The molecular weight excluding hydrogens is 166 g/mol. The topological polar surface area (TPSA) is 61.7 Å². The molecule has 0 aliphatic heterocycles. The minimum Gasteiger partial charge on any atom is -0.384 e. The lowest BCUT2D eigenvalue weighted by Gasteiger charge is -2.03. The molecule has 0 aliphatic carbocycles. The van der Waals surface area contributed by atoms with Crippen molar-refractivity contribution in [3.8, 4) is 0 Å². The van der Waals surface area contributed by atoms with Gasteiger partial charge in [-0.15, -0.1) is 0 Å². The van der Waals surface area contributed by atoms with E-state index in [-0.39, 0.29) is 0 Å². The van der Waals surface area contributed by atoms with Crippen molar-refractivity contribution < 1.29 is 0 Å². The van der Waals surface area contributed by atoms with Gasteiger partial charge in [0.1, 0.15) is 5.82 Å². The summed E-state index contributed by atoms with van der Waals surface area (Å²) in [6.07, 6.45) is 3.45. The number of nitrogens with zero attached hydrogens (tertiary/aromatic N) is 4. The first-order chi connectivity index (χ1) is 6.27. The van der Waals surface area contributed by atoms with Crippen LogP contribution in [-0.4, -0.2) is 19.6 Å². The van der Waals surface area contributed by atoms with E-state index in [4.69, 9.17) is 5.73 Å². The molecule has 5 heteroatoms. The summed E-state index contributed by atoms with van der Waals surface area (Å²) >= 11 is 0. The fraction of sp³-hybridized carbons (Fsp3) is 0.250. The lowest BCUT2D eigenvalue weighted by molar-refractivity contribution is 0.626. The Morgan fingerprint density at radius 3 is 2.62 bits per heavy atom. The fourth-order valence-electron chi connectivity index (χ4n) is 1.18. The molecule has 0 fully saturated rings. The smallest absolute Gasteiger partial charge is 0.122 e. The van der Waals surface area contributed by atoms with Crippen LogP contribution >= 0.6 is 0 Å². The molecule has 0 bridgehead atoms. The maximum Gasteiger partial charge on any atom is 0.122 e. The van der Waals surface area contributed by atoms with Gasteiger partial charge >= 0.3 is 0 Å². The van der Waals surface area contributed by atoms with Gasteiger partial charge in [0.05, 0.1) is 18.4 Å². The summed E-state index contributed by atoms with van der Waals surface area (Å²) in [6, 6.07) is 3.72. The second-order valence-electron chi connectivity index (χ2n) is 2.86. The molecule has 0 radical (unpaired) electrons. The Kier molecular flexibility index (Phi) is 1.77. The van der Waals surface area contributed by atoms with E-state index in [1.807, 2.05) is 13.1 Å². The van der Waals surface area contributed by atoms with Crippen molar-refractivity contribution in [2.75, 3.05) is 5.73 Å². The molecule has 5 nitrogen and oxygen atoms in total. The summed E-state index contributed by atoms with van der Waals surface area (Å²) < 4.78 is 3.54. The maximum atomic E-state index is 5.68. The van der Waals surface area contributed by atoms with E-state index < -0.39 is 0 Å². The van der Waals surface area contributed by atoms with Gasteiger partial charge in [-0.1, -0.05) is 0 Å². The Balaban J connectivity index is 2.24. The first-order valence-electron chi connectivity index (χ1n) is 4.01. The Bertz CT molecular complexity index is 362. The predicted octanol–water partition coefficient (Wildman–Crippen LogP) is 0.247. The number of aryl methyl sites for hydroxylation is 1. The SMILES string of the molecule is Cn1nccc1Cn1nccc1N. The van der Waals surface area contributed by atoms with E-state index in [9.17, 15) is 0 Å². The number of aromatic nitrogens is 4. The highest BCUT2D eigenvalue weighted by atomic mass is 15.3. The van der Waals surface area contributed by atoms with E-state index in [0.717, 1.165) is 5.69 Å². The second kappa shape index (κ2) is 2.93. The normalized spacial score (nSPS) is 10.5. The van der Waals surface area contributed by atoms with E-state index in [0.29, 0.717) is 12.4 Å². The molecular formula is C8H11N5. The van der Waals surface area contributed by atoms with Crippen LogP contribution in [0.1, 0.15) is 5.69 Å². The molecule has 0 spiro atoms. The Morgan fingerprint density at radius 1 is 1.31 bits per heavy atom. The third kappa shape index (κ3) is 1.40. The zero-order valence-electron chi connectivity index (χ0n) is 7.38.